The van der Waals surface area contributed by atoms with Gasteiger partial charge >= 0.3 is 6.18 Å². The number of allylic oxidation sites excluding steroid dienone is 2. The Balaban J connectivity index is 1.35. The summed E-state index contributed by atoms with van der Waals surface area (Å²) in [4.78, 5) is 37.9. The highest BCUT2D eigenvalue weighted by Crippen LogP contribution is 2.65. The van der Waals surface area contributed by atoms with Crippen molar-refractivity contribution < 1.29 is 27.6 Å². The molecule has 1 saturated heterocycles. The molecule has 2 bridgehead atoms. The SMILES string of the molecule is O=C(NN1C(=O)[C@@H]2[C@H]3C=C[C@H]([C@@H]4C[C@H]34)[C@@H]2C1=O)c1ccc(C(F)(F)F)cc1. The normalized spacial score (nSPS) is 35.9. The molecule has 1 heterocycles. The van der Waals surface area contributed by atoms with E-state index < -0.39 is 41.3 Å². The fourth-order valence-corrected chi connectivity index (χ4v) is 5.04. The van der Waals surface area contributed by atoms with Gasteiger partial charge in [0.1, 0.15) is 0 Å². The van der Waals surface area contributed by atoms with Crippen LogP contribution in [-0.2, 0) is 15.8 Å². The van der Waals surface area contributed by atoms with Gasteiger partial charge in [0, 0.05) is 5.56 Å². The number of amides is 3. The van der Waals surface area contributed by atoms with Crippen molar-refractivity contribution in [1.29, 1.82) is 0 Å². The lowest BCUT2D eigenvalue weighted by molar-refractivity contribution is -0.143. The minimum Gasteiger partial charge on any atom is -0.272 e. The van der Waals surface area contributed by atoms with Crippen molar-refractivity contribution in [2.75, 3.05) is 0 Å². The molecule has 3 fully saturated rings. The summed E-state index contributed by atoms with van der Waals surface area (Å²) >= 11 is 0. The van der Waals surface area contributed by atoms with Gasteiger partial charge in [0.15, 0.2) is 0 Å². The Kier molecular flexibility index (Phi) is 3.19. The van der Waals surface area contributed by atoms with Crippen LogP contribution in [0.15, 0.2) is 36.4 Å². The van der Waals surface area contributed by atoms with Gasteiger partial charge in [-0.1, -0.05) is 12.2 Å². The molecule has 0 radical (unpaired) electrons. The molecular weight excluding hydrogens is 361 g/mol. The van der Waals surface area contributed by atoms with Crippen LogP contribution in [0.2, 0.25) is 0 Å². The van der Waals surface area contributed by atoms with Gasteiger partial charge in [-0.15, -0.1) is 0 Å². The molecular formula is C19H15F3N2O3. The Hall–Kier alpha value is -2.64. The maximum absolute atomic E-state index is 12.8. The molecule has 1 aliphatic heterocycles. The van der Waals surface area contributed by atoms with Crippen LogP contribution >= 0.6 is 0 Å². The van der Waals surface area contributed by atoms with Gasteiger partial charge in [0.25, 0.3) is 17.7 Å². The topological polar surface area (TPSA) is 66.5 Å². The van der Waals surface area contributed by atoms with Crippen LogP contribution in [0, 0.1) is 35.5 Å². The summed E-state index contributed by atoms with van der Waals surface area (Å²) < 4.78 is 37.9. The van der Waals surface area contributed by atoms with E-state index in [-0.39, 0.29) is 17.4 Å². The molecule has 5 nitrogen and oxygen atoms in total. The summed E-state index contributed by atoms with van der Waals surface area (Å²) in [6.07, 6.45) is 0.575. The molecule has 0 spiro atoms. The van der Waals surface area contributed by atoms with Crippen molar-refractivity contribution in [2.45, 2.75) is 12.6 Å². The zero-order chi connectivity index (χ0) is 19.1. The Morgan fingerprint density at radius 2 is 1.48 bits per heavy atom. The minimum atomic E-state index is -4.50. The smallest absolute Gasteiger partial charge is 0.272 e. The van der Waals surface area contributed by atoms with E-state index in [1.807, 2.05) is 12.2 Å². The van der Waals surface area contributed by atoms with Crippen LogP contribution in [0.4, 0.5) is 13.2 Å². The summed E-state index contributed by atoms with van der Waals surface area (Å²) in [7, 11) is 0. The largest absolute Gasteiger partial charge is 0.416 e. The average Bonchev–Trinajstić information content (AvgIpc) is 3.42. The molecule has 27 heavy (non-hydrogen) atoms. The third kappa shape index (κ3) is 2.28. The van der Waals surface area contributed by atoms with Crippen molar-refractivity contribution in [2.24, 2.45) is 35.5 Å². The molecule has 5 aliphatic rings. The molecule has 2 saturated carbocycles. The molecule has 1 aromatic rings. The van der Waals surface area contributed by atoms with Crippen molar-refractivity contribution in [3.8, 4) is 0 Å². The average molecular weight is 376 g/mol. The van der Waals surface area contributed by atoms with Crippen LogP contribution in [0.3, 0.4) is 0 Å². The maximum Gasteiger partial charge on any atom is 0.416 e. The number of hydrogen-bond acceptors (Lipinski definition) is 3. The number of nitrogens with zero attached hydrogens (tertiary/aromatic N) is 1. The number of hydrogen-bond donors (Lipinski definition) is 1. The monoisotopic (exact) mass is 376 g/mol. The fourth-order valence-electron chi connectivity index (χ4n) is 5.04. The number of hydrazine groups is 1. The highest BCUT2D eigenvalue weighted by molar-refractivity contribution is 6.08. The van der Waals surface area contributed by atoms with Crippen LogP contribution in [0.5, 0.6) is 0 Å². The van der Waals surface area contributed by atoms with E-state index in [1.54, 1.807) is 0 Å². The number of imide groups is 1. The summed E-state index contributed by atoms with van der Waals surface area (Å²) in [6, 6.07) is 3.63. The van der Waals surface area contributed by atoms with E-state index in [0.29, 0.717) is 11.8 Å². The first-order valence-electron chi connectivity index (χ1n) is 8.82. The molecule has 1 aromatic carbocycles. The Morgan fingerprint density at radius 3 is 1.96 bits per heavy atom. The third-order valence-corrected chi connectivity index (χ3v) is 6.35. The summed E-state index contributed by atoms with van der Waals surface area (Å²) in [5.41, 5.74) is 1.37. The number of halogens is 3. The van der Waals surface area contributed by atoms with Crippen LogP contribution in [-0.4, -0.2) is 22.7 Å². The number of nitrogens with one attached hydrogen (secondary N) is 1. The number of alkyl halides is 3. The number of rotatable bonds is 2. The van der Waals surface area contributed by atoms with E-state index in [0.717, 1.165) is 35.7 Å². The van der Waals surface area contributed by atoms with Gasteiger partial charge in [0.05, 0.1) is 17.4 Å². The van der Waals surface area contributed by atoms with E-state index in [9.17, 15) is 27.6 Å². The van der Waals surface area contributed by atoms with Crippen LogP contribution in [0.1, 0.15) is 22.3 Å². The molecule has 140 valence electrons. The van der Waals surface area contributed by atoms with Gasteiger partial charge in [-0.05, 0) is 54.4 Å². The lowest BCUT2D eigenvalue weighted by Crippen LogP contribution is -2.46. The minimum absolute atomic E-state index is 0.0365. The predicted molar refractivity (Wildman–Crippen MR) is 85.5 cm³/mol. The summed E-state index contributed by atoms with van der Waals surface area (Å²) in [5.74, 6) is -1.54. The number of benzene rings is 1. The highest BCUT2D eigenvalue weighted by atomic mass is 19.4. The lowest BCUT2D eigenvalue weighted by Gasteiger charge is -2.37. The summed E-state index contributed by atoms with van der Waals surface area (Å²) in [5, 5.41) is 0.771. The second kappa shape index (κ2) is 5.21. The fraction of sp³-hybridized carbons (Fsp3) is 0.421. The second-order valence-electron chi connectivity index (χ2n) is 7.68. The van der Waals surface area contributed by atoms with Crippen molar-refractivity contribution in [1.82, 2.24) is 10.4 Å². The van der Waals surface area contributed by atoms with Crippen molar-refractivity contribution in [3.05, 3.63) is 47.5 Å². The molecule has 6 atom stereocenters. The van der Waals surface area contributed by atoms with Crippen molar-refractivity contribution >= 4 is 17.7 Å². The quantitative estimate of drug-likeness (QED) is 0.637. The van der Waals surface area contributed by atoms with Crippen LogP contribution < -0.4 is 5.43 Å². The van der Waals surface area contributed by atoms with Crippen molar-refractivity contribution in [3.63, 3.8) is 0 Å². The summed E-state index contributed by atoms with van der Waals surface area (Å²) in [6.45, 7) is 0. The molecule has 4 aliphatic carbocycles. The van der Waals surface area contributed by atoms with Gasteiger partial charge < -0.3 is 0 Å². The zero-order valence-corrected chi connectivity index (χ0v) is 13.9. The van der Waals surface area contributed by atoms with E-state index in [1.165, 1.54) is 0 Å². The Labute approximate surface area is 152 Å². The molecule has 1 N–H and O–H groups in total. The Morgan fingerprint density at radius 1 is 0.963 bits per heavy atom. The molecule has 0 aromatic heterocycles. The molecule has 3 amide bonds. The molecule has 8 heteroatoms. The molecule has 6 rings (SSSR count). The first-order valence-corrected chi connectivity index (χ1v) is 8.82. The van der Waals surface area contributed by atoms with E-state index in [4.69, 9.17) is 0 Å². The lowest BCUT2D eigenvalue weighted by atomic mass is 9.63. The first kappa shape index (κ1) is 16.5. The second-order valence-corrected chi connectivity index (χ2v) is 7.68. The first-order chi connectivity index (χ1) is 12.8. The number of carbonyl (C=O) groups excluding carboxylic acids is 3. The van der Waals surface area contributed by atoms with E-state index >= 15 is 0 Å². The highest BCUT2D eigenvalue weighted by Gasteiger charge is 2.67. The Bertz CT molecular complexity index is 856. The van der Waals surface area contributed by atoms with Gasteiger partial charge in [-0.3, -0.25) is 19.8 Å². The predicted octanol–water partition coefficient (Wildman–Crippen LogP) is 2.40. The maximum atomic E-state index is 12.8. The van der Waals surface area contributed by atoms with Crippen LogP contribution in [0.25, 0.3) is 0 Å². The van der Waals surface area contributed by atoms with Gasteiger partial charge in [0.2, 0.25) is 0 Å². The van der Waals surface area contributed by atoms with E-state index in [2.05, 4.69) is 5.43 Å². The standard InChI is InChI=1S/C19H15F3N2O3/c20-19(21,22)9-3-1-8(2-4-9)16(25)23-24-17(26)14-10-5-6-11(13-7-12(10)13)15(14)18(24)27/h1-6,10-15H,7H2,(H,23,25)/t10-,11+,12+,13-,14+,15-. The number of carbonyl (C=O) groups is 3. The van der Waals surface area contributed by atoms with Gasteiger partial charge in [-0.25, -0.2) is 0 Å². The third-order valence-electron chi connectivity index (χ3n) is 6.35. The van der Waals surface area contributed by atoms with Gasteiger partial charge in [-0.2, -0.15) is 18.2 Å². The molecule has 0 unspecified atom stereocenters. The zero-order valence-electron chi connectivity index (χ0n) is 13.9.